The van der Waals surface area contributed by atoms with Gasteiger partial charge in [0.25, 0.3) is 0 Å². The first kappa shape index (κ1) is 12.9. The maximum Gasteiger partial charge on any atom is 0.244 e. The average Bonchev–Trinajstić information content (AvgIpc) is 3.10. The molecule has 1 fully saturated rings. The largest absolute Gasteiger partial charge is 0.396 e. The molecule has 5 nitrogen and oxygen atoms in total. The summed E-state index contributed by atoms with van der Waals surface area (Å²) in [5, 5.41) is 7.49. The van der Waals surface area contributed by atoms with Crippen LogP contribution in [0, 0.1) is 0 Å². The number of nitrogens with two attached hydrogens (primary N) is 1. The van der Waals surface area contributed by atoms with Crippen LogP contribution in [0.3, 0.4) is 0 Å². The second-order valence-corrected chi connectivity index (χ2v) is 4.92. The number of carbonyl (C=O) groups is 1. The van der Waals surface area contributed by atoms with Crippen molar-refractivity contribution in [1.82, 2.24) is 15.1 Å². The van der Waals surface area contributed by atoms with Gasteiger partial charge in [0.1, 0.15) is 6.04 Å². The van der Waals surface area contributed by atoms with Crippen molar-refractivity contribution >= 4 is 11.6 Å². The van der Waals surface area contributed by atoms with Gasteiger partial charge in [-0.1, -0.05) is 13.8 Å². The van der Waals surface area contributed by atoms with E-state index in [-0.39, 0.29) is 11.9 Å². The van der Waals surface area contributed by atoms with Crippen molar-refractivity contribution in [1.29, 1.82) is 0 Å². The Kier molecular flexibility index (Phi) is 3.59. The molecule has 1 heterocycles. The number of rotatable bonds is 5. The molecule has 5 heteroatoms. The van der Waals surface area contributed by atoms with Crippen LogP contribution in [0.15, 0.2) is 0 Å². The van der Waals surface area contributed by atoms with Gasteiger partial charge in [0.15, 0.2) is 0 Å². The van der Waals surface area contributed by atoms with Crippen LogP contribution in [-0.2, 0) is 17.6 Å². The fourth-order valence-electron chi connectivity index (χ4n) is 2.13. The minimum Gasteiger partial charge on any atom is -0.396 e. The molecule has 100 valence electrons. The minimum absolute atomic E-state index is 0.0392. The molecule has 1 aliphatic rings. The summed E-state index contributed by atoms with van der Waals surface area (Å²) < 4.78 is 1.78. The highest BCUT2D eigenvalue weighted by Gasteiger charge is 2.28. The van der Waals surface area contributed by atoms with E-state index < -0.39 is 0 Å². The summed E-state index contributed by atoms with van der Waals surface area (Å²) >= 11 is 0. The Morgan fingerprint density at radius 1 is 1.50 bits per heavy atom. The summed E-state index contributed by atoms with van der Waals surface area (Å²) in [7, 11) is 0. The molecule has 0 spiro atoms. The lowest BCUT2D eigenvalue weighted by atomic mass is 10.2. The van der Waals surface area contributed by atoms with E-state index in [1.807, 2.05) is 20.8 Å². The fraction of sp³-hybridized carbons (Fsp3) is 0.692. The van der Waals surface area contributed by atoms with Gasteiger partial charge in [-0.2, -0.15) is 5.10 Å². The number of carbonyl (C=O) groups excluding carboxylic acids is 1. The fourth-order valence-corrected chi connectivity index (χ4v) is 2.13. The molecular formula is C13H22N4O. The number of hydrogen-bond acceptors (Lipinski definition) is 3. The molecule has 1 aliphatic carbocycles. The molecule has 1 aromatic heterocycles. The van der Waals surface area contributed by atoms with Gasteiger partial charge >= 0.3 is 0 Å². The highest BCUT2D eigenvalue weighted by Crippen LogP contribution is 2.24. The number of aryl methyl sites for hydroxylation is 1. The van der Waals surface area contributed by atoms with E-state index in [0.29, 0.717) is 6.04 Å². The molecule has 0 saturated heterocycles. The summed E-state index contributed by atoms with van der Waals surface area (Å²) in [6.45, 7) is 5.94. The third-order valence-corrected chi connectivity index (χ3v) is 3.47. The number of nitrogens with one attached hydrogen (secondary N) is 1. The zero-order valence-corrected chi connectivity index (χ0v) is 11.4. The van der Waals surface area contributed by atoms with Gasteiger partial charge in [-0.25, -0.2) is 0 Å². The highest BCUT2D eigenvalue weighted by molar-refractivity contribution is 5.80. The van der Waals surface area contributed by atoms with Crippen LogP contribution >= 0.6 is 0 Å². The maximum atomic E-state index is 12.1. The monoisotopic (exact) mass is 250 g/mol. The molecule has 1 aromatic rings. The molecule has 0 aliphatic heterocycles. The van der Waals surface area contributed by atoms with Crippen LogP contribution < -0.4 is 11.1 Å². The number of hydrogen-bond donors (Lipinski definition) is 2. The smallest absolute Gasteiger partial charge is 0.244 e. The molecule has 0 radical (unpaired) electrons. The van der Waals surface area contributed by atoms with Crippen molar-refractivity contribution in [3.63, 3.8) is 0 Å². The Labute approximate surface area is 108 Å². The predicted molar refractivity (Wildman–Crippen MR) is 71.3 cm³/mol. The Bertz CT molecular complexity index is 448. The molecule has 3 N–H and O–H groups in total. The Balaban J connectivity index is 2.22. The molecule has 0 bridgehead atoms. The van der Waals surface area contributed by atoms with Gasteiger partial charge in [-0.15, -0.1) is 0 Å². The molecule has 1 amide bonds. The third-order valence-electron chi connectivity index (χ3n) is 3.47. The number of anilines is 1. The summed E-state index contributed by atoms with van der Waals surface area (Å²) in [5.74, 6) is 0.0392. The van der Waals surface area contributed by atoms with Gasteiger partial charge in [0.05, 0.1) is 17.1 Å². The topological polar surface area (TPSA) is 72.9 Å². The predicted octanol–water partition coefficient (Wildman–Crippen LogP) is 1.43. The number of nitrogens with zero attached hydrogens (tertiary/aromatic N) is 2. The average molecular weight is 250 g/mol. The number of nitrogen functional groups attached to an aromatic ring is 1. The molecule has 1 saturated carbocycles. The first-order chi connectivity index (χ1) is 8.58. The SMILES string of the molecule is CCc1nn(C(C)C(=O)NC2CC2)c(CC)c1N. The van der Waals surface area contributed by atoms with Crippen LogP contribution in [0.1, 0.15) is 51.0 Å². The second kappa shape index (κ2) is 5.00. The van der Waals surface area contributed by atoms with Crippen LogP contribution in [0.4, 0.5) is 5.69 Å². The van der Waals surface area contributed by atoms with E-state index in [4.69, 9.17) is 5.73 Å². The molecule has 1 unspecified atom stereocenters. The molecule has 1 atom stereocenters. The van der Waals surface area contributed by atoms with E-state index in [1.54, 1.807) is 4.68 Å². The normalized spacial score (nSPS) is 16.6. The quantitative estimate of drug-likeness (QED) is 0.830. The van der Waals surface area contributed by atoms with E-state index >= 15 is 0 Å². The van der Waals surface area contributed by atoms with E-state index in [0.717, 1.165) is 42.8 Å². The Morgan fingerprint density at radius 2 is 2.17 bits per heavy atom. The molecular weight excluding hydrogens is 228 g/mol. The van der Waals surface area contributed by atoms with E-state index in [9.17, 15) is 4.79 Å². The lowest BCUT2D eigenvalue weighted by molar-refractivity contribution is -0.124. The van der Waals surface area contributed by atoms with Crippen molar-refractivity contribution in [2.45, 2.75) is 58.5 Å². The Morgan fingerprint density at radius 3 is 2.67 bits per heavy atom. The van der Waals surface area contributed by atoms with Crippen LogP contribution in [0.5, 0.6) is 0 Å². The third kappa shape index (κ3) is 2.35. The lowest BCUT2D eigenvalue weighted by Gasteiger charge is -2.15. The molecule has 2 rings (SSSR count). The van der Waals surface area contributed by atoms with E-state index in [1.165, 1.54) is 0 Å². The zero-order chi connectivity index (χ0) is 13.3. The standard InChI is InChI=1S/C13H22N4O/c1-4-10-12(14)11(5-2)17(16-10)8(3)13(18)15-9-6-7-9/h8-9H,4-7,14H2,1-3H3,(H,15,18). The van der Waals surface area contributed by atoms with Gasteiger partial charge < -0.3 is 11.1 Å². The number of aromatic nitrogens is 2. The first-order valence-electron chi connectivity index (χ1n) is 6.74. The van der Waals surface area contributed by atoms with Crippen LogP contribution in [-0.4, -0.2) is 21.7 Å². The zero-order valence-electron chi connectivity index (χ0n) is 11.4. The van der Waals surface area contributed by atoms with Crippen molar-refractivity contribution in [2.24, 2.45) is 0 Å². The van der Waals surface area contributed by atoms with Crippen molar-refractivity contribution < 1.29 is 4.79 Å². The number of amides is 1. The van der Waals surface area contributed by atoms with Gasteiger partial charge in [-0.05, 0) is 32.6 Å². The Hall–Kier alpha value is -1.52. The summed E-state index contributed by atoms with van der Waals surface area (Å²) in [6, 6.07) is 0.0896. The summed E-state index contributed by atoms with van der Waals surface area (Å²) in [4.78, 5) is 12.1. The first-order valence-corrected chi connectivity index (χ1v) is 6.74. The molecule has 0 aromatic carbocycles. The highest BCUT2D eigenvalue weighted by atomic mass is 16.2. The summed E-state index contributed by atoms with van der Waals surface area (Å²) in [5.41, 5.74) is 8.65. The van der Waals surface area contributed by atoms with Gasteiger partial charge in [-0.3, -0.25) is 9.48 Å². The van der Waals surface area contributed by atoms with Crippen molar-refractivity contribution in [3.05, 3.63) is 11.4 Å². The van der Waals surface area contributed by atoms with Gasteiger partial charge in [0.2, 0.25) is 5.91 Å². The lowest BCUT2D eigenvalue weighted by Crippen LogP contribution is -2.33. The summed E-state index contributed by atoms with van der Waals surface area (Å²) in [6.07, 6.45) is 3.78. The maximum absolute atomic E-state index is 12.1. The van der Waals surface area contributed by atoms with E-state index in [2.05, 4.69) is 10.4 Å². The van der Waals surface area contributed by atoms with Gasteiger partial charge in [0, 0.05) is 6.04 Å². The molecule has 18 heavy (non-hydrogen) atoms. The van der Waals surface area contributed by atoms with Crippen LogP contribution in [0.2, 0.25) is 0 Å². The van der Waals surface area contributed by atoms with Crippen molar-refractivity contribution in [2.75, 3.05) is 5.73 Å². The van der Waals surface area contributed by atoms with Crippen molar-refractivity contribution in [3.8, 4) is 0 Å². The minimum atomic E-state index is -0.289. The second-order valence-electron chi connectivity index (χ2n) is 4.92. The van der Waals surface area contributed by atoms with Crippen LogP contribution in [0.25, 0.3) is 0 Å².